The van der Waals surface area contributed by atoms with Gasteiger partial charge in [-0.25, -0.2) is 4.98 Å². The molecule has 3 nitrogen and oxygen atoms in total. The molecule has 1 aromatic heterocycles. The van der Waals surface area contributed by atoms with Gasteiger partial charge in [0.2, 0.25) is 0 Å². The fourth-order valence-electron chi connectivity index (χ4n) is 2.47. The van der Waals surface area contributed by atoms with Gasteiger partial charge in [-0.2, -0.15) is 0 Å². The molecule has 3 rings (SSSR count). The van der Waals surface area contributed by atoms with Crippen LogP contribution < -0.4 is 4.90 Å². The second-order valence-electron chi connectivity index (χ2n) is 4.51. The highest BCUT2D eigenvalue weighted by molar-refractivity contribution is 5.84. The Morgan fingerprint density at radius 1 is 1.18 bits per heavy atom. The molecule has 0 spiro atoms. The van der Waals surface area contributed by atoms with Crippen molar-refractivity contribution < 1.29 is 5.11 Å². The first-order chi connectivity index (χ1) is 8.38. The van der Waals surface area contributed by atoms with Crippen LogP contribution in [0.25, 0.3) is 10.9 Å². The van der Waals surface area contributed by atoms with Crippen LogP contribution in [0.4, 0.5) is 5.82 Å². The molecule has 0 amide bonds. The van der Waals surface area contributed by atoms with E-state index in [0.717, 1.165) is 35.4 Å². The Labute approximate surface area is 101 Å². The van der Waals surface area contributed by atoms with Crippen LogP contribution in [-0.4, -0.2) is 23.2 Å². The van der Waals surface area contributed by atoms with Gasteiger partial charge in [-0.05, 0) is 30.5 Å². The van der Waals surface area contributed by atoms with Crippen molar-refractivity contribution in [1.82, 2.24) is 4.98 Å². The summed E-state index contributed by atoms with van der Waals surface area (Å²) in [5.74, 6) is 1.00. The number of rotatable bonds is 2. The molecule has 1 saturated heterocycles. The van der Waals surface area contributed by atoms with Crippen LogP contribution >= 0.6 is 0 Å². The average molecular weight is 228 g/mol. The van der Waals surface area contributed by atoms with Gasteiger partial charge in [0.15, 0.2) is 0 Å². The smallest absolute Gasteiger partial charge is 0.129 e. The van der Waals surface area contributed by atoms with E-state index in [0.29, 0.717) is 0 Å². The first kappa shape index (κ1) is 10.5. The van der Waals surface area contributed by atoms with Gasteiger partial charge >= 0.3 is 0 Å². The molecule has 1 aliphatic rings. The van der Waals surface area contributed by atoms with E-state index in [4.69, 9.17) is 0 Å². The third-order valence-electron chi connectivity index (χ3n) is 3.39. The van der Waals surface area contributed by atoms with Crippen molar-refractivity contribution in [3.05, 3.63) is 35.9 Å². The molecular formula is C14H16N2O. The van der Waals surface area contributed by atoms with Gasteiger partial charge in [-0.1, -0.05) is 18.2 Å². The first-order valence-corrected chi connectivity index (χ1v) is 6.13. The lowest BCUT2D eigenvalue weighted by Crippen LogP contribution is -2.19. The van der Waals surface area contributed by atoms with Crippen molar-refractivity contribution in [1.29, 1.82) is 0 Å². The number of nitrogens with zero attached hydrogens (tertiary/aromatic N) is 2. The molecule has 0 bridgehead atoms. The molecule has 0 unspecified atom stereocenters. The second kappa shape index (κ2) is 4.34. The summed E-state index contributed by atoms with van der Waals surface area (Å²) in [5, 5.41) is 10.5. The molecule has 3 heteroatoms. The molecule has 1 fully saturated rings. The zero-order valence-corrected chi connectivity index (χ0v) is 9.76. The Bertz CT molecular complexity index is 533. The summed E-state index contributed by atoms with van der Waals surface area (Å²) in [4.78, 5) is 6.98. The number of pyridine rings is 1. The lowest BCUT2D eigenvalue weighted by atomic mass is 10.1. The van der Waals surface area contributed by atoms with E-state index >= 15 is 0 Å². The zero-order valence-electron chi connectivity index (χ0n) is 9.76. The van der Waals surface area contributed by atoms with E-state index in [1.54, 1.807) is 0 Å². The van der Waals surface area contributed by atoms with E-state index in [9.17, 15) is 5.11 Å². The number of fused-ring (bicyclic) bond motifs is 1. The Morgan fingerprint density at radius 3 is 2.71 bits per heavy atom. The van der Waals surface area contributed by atoms with Crippen LogP contribution in [0.1, 0.15) is 18.4 Å². The summed E-state index contributed by atoms with van der Waals surface area (Å²) < 4.78 is 0. The number of aliphatic hydroxyl groups is 1. The molecular weight excluding hydrogens is 212 g/mol. The van der Waals surface area contributed by atoms with Crippen molar-refractivity contribution in [3.63, 3.8) is 0 Å². The van der Waals surface area contributed by atoms with Gasteiger partial charge in [0, 0.05) is 18.5 Å². The van der Waals surface area contributed by atoms with Gasteiger partial charge in [0.25, 0.3) is 0 Å². The normalized spacial score (nSPS) is 15.7. The van der Waals surface area contributed by atoms with Crippen LogP contribution in [0.3, 0.4) is 0 Å². The molecule has 0 aliphatic carbocycles. The van der Waals surface area contributed by atoms with Crippen LogP contribution in [0, 0.1) is 0 Å². The van der Waals surface area contributed by atoms with Crippen molar-refractivity contribution in [2.75, 3.05) is 18.0 Å². The largest absolute Gasteiger partial charge is 0.392 e. The predicted molar refractivity (Wildman–Crippen MR) is 69.1 cm³/mol. The molecule has 88 valence electrons. The first-order valence-electron chi connectivity index (χ1n) is 6.13. The lowest BCUT2D eigenvalue weighted by molar-refractivity contribution is 0.283. The number of aromatic nitrogens is 1. The molecule has 0 atom stereocenters. The summed E-state index contributed by atoms with van der Waals surface area (Å²) >= 11 is 0. The van der Waals surface area contributed by atoms with Crippen LogP contribution in [0.2, 0.25) is 0 Å². The fourth-order valence-corrected chi connectivity index (χ4v) is 2.47. The number of para-hydroxylation sites is 1. The molecule has 17 heavy (non-hydrogen) atoms. The predicted octanol–water partition coefficient (Wildman–Crippen LogP) is 2.33. The van der Waals surface area contributed by atoms with Gasteiger partial charge in [0.05, 0.1) is 12.1 Å². The Balaban J connectivity index is 2.13. The maximum Gasteiger partial charge on any atom is 0.129 e. The number of hydrogen-bond acceptors (Lipinski definition) is 3. The molecule has 2 aromatic rings. The van der Waals surface area contributed by atoms with E-state index < -0.39 is 0 Å². The van der Waals surface area contributed by atoms with E-state index in [1.807, 2.05) is 30.3 Å². The van der Waals surface area contributed by atoms with Crippen LogP contribution in [-0.2, 0) is 6.61 Å². The minimum absolute atomic E-state index is 0.0733. The highest BCUT2D eigenvalue weighted by Crippen LogP contribution is 2.25. The number of hydrogen-bond donors (Lipinski definition) is 1. The van der Waals surface area contributed by atoms with E-state index in [-0.39, 0.29) is 6.61 Å². The molecule has 1 aromatic carbocycles. The van der Waals surface area contributed by atoms with Crippen LogP contribution in [0.15, 0.2) is 30.3 Å². The molecule has 1 aliphatic heterocycles. The molecule has 0 saturated carbocycles. The number of aliphatic hydroxyl groups excluding tert-OH is 1. The minimum atomic E-state index is 0.0733. The van der Waals surface area contributed by atoms with Crippen molar-refractivity contribution in [2.24, 2.45) is 0 Å². The van der Waals surface area contributed by atoms with Gasteiger partial charge < -0.3 is 10.0 Å². The quantitative estimate of drug-likeness (QED) is 0.857. The van der Waals surface area contributed by atoms with E-state index in [1.165, 1.54) is 12.8 Å². The SMILES string of the molecule is OCc1cc(N2CCCC2)nc2ccccc12. The number of benzene rings is 1. The van der Waals surface area contributed by atoms with Crippen LogP contribution in [0.5, 0.6) is 0 Å². The van der Waals surface area contributed by atoms with Gasteiger partial charge in [0.1, 0.15) is 5.82 Å². The third-order valence-corrected chi connectivity index (χ3v) is 3.39. The maximum absolute atomic E-state index is 9.46. The maximum atomic E-state index is 9.46. The summed E-state index contributed by atoms with van der Waals surface area (Å²) in [7, 11) is 0. The summed E-state index contributed by atoms with van der Waals surface area (Å²) in [6.45, 7) is 2.23. The van der Waals surface area contributed by atoms with Crippen molar-refractivity contribution >= 4 is 16.7 Å². The average Bonchev–Trinajstić information content (AvgIpc) is 2.91. The van der Waals surface area contributed by atoms with Crippen molar-refractivity contribution in [3.8, 4) is 0 Å². The molecule has 2 heterocycles. The van der Waals surface area contributed by atoms with E-state index in [2.05, 4.69) is 9.88 Å². The summed E-state index contributed by atoms with van der Waals surface area (Å²) in [6, 6.07) is 10.0. The zero-order chi connectivity index (χ0) is 11.7. The summed E-state index contributed by atoms with van der Waals surface area (Å²) in [5.41, 5.74) is 1.94. The Hall–Kier alpha value is -1.61. The lowest BCUT2D eigenvalue weighted by Gasteiger charge is -2.18. The highest BCUT2D eigenvalue weighted by Gasteiger charge is 2.15. The van der Waals surface area contributed by atoms with Gasteiger partial charge in [-0.15, -0.1) is 0 Å². The molecule has 0 radical (unpaired) electrons. The monoisotopic (exact) mass is 228 g/mol. The van der Waals surface area contributed by atoms with Crippen molar-refractivity contribution in [2.45, 2.75) is 19.4 Å². The standard InChI is InChI=1S/C14H16N2O/c17-10-11-9-14(16-7-3-4-8-16)15-13-6-2-1-5-12(11)13/h1-2,5-6,9,17H,3-4,7-8,10H2. The Morgan fingerprint density at radius 2 is 1.94 bits per heavy atom. The summed E-state index contributed by atoms with van der Waals surface area (Å²) in [6.07, 6.45) is 2.48. The third kappa shape index (κ3) is 1.87. The number of anilines is 1. The topological polar surface area (TPSA) is 36.4 Å². The fraction of sp³-hybridized carbons (Fsp3) is 0.357. The minimum Gasteiger partial charge on any atom is -0.392 e. The Kier molecular flexibility index (Phi) is 2.69. The molecule has 1 N–H and O–H groups in total. The second-order valence-corrected chi connectivity index (χ2v) is 4.51. The van der Waals surface area contributed by atoms with Gasteiger partial charge in [-0.3, -0.25) is 0 Å². The highest BCUT2D eigenvalue weighted by atomic mass is 16.3.